The molecular formula is C12H17N3S. The molecule has 2 N–H and O–H groups in total. The summed E-state index contributed by atoms with van der Waals surface area (Å²) in [6, 6.07) is 2.09. The second-order valence-corrected chi connectivity index (χ2v) is 4.97. The molecule has 0 saturated carbocycles. The summed E-state index contributed by atoms with van der Waals surface area (Å²) in [4.78, 5) is 7.55. The first-order valence-electron chi connectivity index (χ1n) is 5.50. The Hall–Kier alpha value is -1.13. The second kappa shape index (κ2) is 5.27. The topological polar surface area (TPSA) is 40.7 Å². The maximum Gasteiger partial charge on any atom is 0.0969 e. The fourth-order valence-corrected chi connectivity index (χ4v) is 2.44. The summed E-state index contributed by atoms with van der Waals surface area (Å²) >= 11 is 1.75. The van der Waals surface area contributed by atoms with Crippen LogP contribution in [0.5, 0.6) is 0 Å². The normalized spacial score (nSPS) is 12.9. The number of aromatic nitrogens is 2. The first-order valence-corrected chi connectivity index (χ1v) is 6.38. The number of nitrogens with zero attached hydrogens (tertiary/aromatic N) is 1. The summed E-state index contributed by atoms with van der Waals surface area (Å²) in [5.74, 6) is 0.484. The Kier molecular flexibility index (Phi) is 3.74. The summed E-state index contributed by atoms with van der Waals surface area (Å²) in [7, 11) is 0. The van der Waals surface area contributed by atoms with E-state index in [4.69, 9.17) is 0 Å². The van der Waals surface area contributed by atoms with Crippen LogP contribution in [0.15, 0.2) is 23.8 Å². The van der Waals surface area contributed by atoms with Crippen LogP contribution in [-0.4, -0.2) is 16.5 Å². The molecule has 2 heterocycles. The molecule has 2 aromatic rings. The summed E-state index contributed by atoms with van der Waals surface area (Å²) in [5, 5.41) is 6.77. The van der Waals surface area contributed by atoms with Gasteiger partial charge in [0.2, 0.25) is 0 Å². The minimum atomic E-state index is 0.484. The molecular weight excluding hydrogens is 218 g/mol. The van der Waals surface area contributed by atoms with Gasteiger partial charge in [-0.2, -0.15) is 0 Å². The lowest BCUT2D eigenvalue weighted by Crippen LogP contribution is -2.19. The maximum atomic E-state index is 4.50. The smallest absolute Gasteiger partial charge is 0.0969 e. The van der Waals surface area contributed by atoms with Crippen LogP contribution in [-0.2, 0) is 6.54 Å². The predicted octanol–water partition coefficient (Wildman–Crippen LogP) is 2.67. The highest BCUT2D eigenvalue weighted by Crippen LogP contribution is 2.18. The van der Waals surface area contributed by atoms with Crippen LogP contribution in [0.1, 0.15) is 29.1 Å². The minimum absolute atomic E-state index is 0.484. The van der Waals surface area contributed by atoms with Gasteiger partial charge in [-0.3, -0.25) is 0 Å². The number of hydrogen-bond donors (Lipinski definition) is 2. The minimum Gasteiger partial charge on any atom is -0.367 e. The largest absolute Gasteiger partial charge is 0.367 e. The molecule has 86 valence electrons. The van der Waals surface area contributed by atoms with Gasteiger partial charge >= 0.3 is 0 Å². The van der Waals surface area contributed by atoms with Crippen molar-refractivity contribution in [2.45, 2.75) is 26.3 Å². The van der Waals surface area contributed by atoms with Crippen molar-refractivity contribution in [3.63, 3.8) is 0 Å². The lowest BCUT2D eigenvalue weighted by atomic mass is 10.2. The van der Waals surface area contributed by atoms with Gasteiger partial charge in [-0.25, -0.2) is 4.98 Å². The Morgan fingerprint density at radius 2 is 2.44 bits per heavy atom. The van der Waals surface area contributed by atoms with E-state index in [1.165, 1.54) is 10.6 Å². The van der Waals surface area contributed by atoms with Crippen molar-refractivity contribution in [2.75, 3.05) is 6.54 Å². The predicted molar refractivity (Wildman–Crippen MR) is 67.8 cm³/mol. The Morgan fingerprint density at radius 1 is 1.56 bits per heavy atom. The lowest BCUT2D eigenvalue weighted by molar-refractivity contribution is 0.612. The molecule has 0 aliphatic rings. The van der Waals surface area contributed by atoms with Crippen molar-refractivity contribution in [3.05, 3.63) is 40.1 Å². The molecule has 0 fully saturated rings. The Bertz CT molecular complexity index is 419. The number of H-pyrrole nitrogens is 1. The van der Waals surface area contributed by atoms with Gasteiger partial charge < -0.3 is 10.3 Å². The third-order valence-electron chi connectivity index (χ3n) is 2.50. The standard InChI is InChI=1S/C12H17N3S/c1-9(12-15-10(2)8-16-12)5-14-7-11-3-4-13-6-11/h3-4,6,8-9,13-14H,5,7H2,1-2H3. The van der Waals surface area contributed by atoms with Crippen molar-refractivity contribution in [3.8, 4) is 0 Å². The summed E-state index contributed by atoms with van der Waals surface area (Å²) in [5.41, 5.74) is 2.42. The zero-order valence-corrected chi connectivity index (χ0v) is 10.5. The van der Waals surface area contributed by atoms with Gasteiger partial charge in [-0.1, -0.05) is 6.92 Å². The van der Waals surface area contributed by atoms with Gasteiger partial charge in [0, 0.05) is 42.5 Å². The van der Waals surface area contributed by atoms with Crippen LogP contribution in [0.25, 0.3) is 0 Å². The van der Waals surface area contributed by atoms with E-state index >= 15 is 0 Å². The van der Waals surface area contributed by atoms with E-state index in [0.717, 1.165) is 18.8 Å². The van der Waals surface area contributed by atoms with Crippen molar-refractivity contribution < 1.29 is 0 Å². The molecule has 0 aliphatic carbocycles. The fraction of sp³-hybridized carbons (Fsp3) is 0.417. The third kappa shape index (κ3) is 2.93. The van der Waals surface area contributed by atoms with Gasteiger partial charge in [0.05, 0.1) is 5.01 Å². The number of thiazole rings is 1. The summed E-state index contributed by atoms with van der Waals surface area (Å²) in [6.45, 7) is 6.14. The molecule has 0 aliphatic heterocycles. The first kappa shape index (κ1) is 11.4. The molecule has 1 atom stereocenters. The highest BCUT2D eigenvalue weighted by atomic mass is 32.1. The van der Waals surface area contributed by atoms with Gasteiger partial charge in [0.1, 0.15) is 0 Å². The SMILES string of the molecule is Cc1csc(C(C)CNCc2cc[nH]c2)n1. The summed E-state index contributed by atoms with van der Waals surface area (Å²) < 4.78 is 0. The van der Waals surface area contributed by atoms with Crippen molar-refractivity contribution >= 4 is 11.3 Å². The quantitative estimate of drug-likeness (QED) is 0.836. The zero-order chi connectivity index (χ0) is 11.4. The van der Waals surface area contributed by atoms with Gasteiger partial charge in [-0.15, -0.1) is 11.3 Å². The molecule has 0 bridgehead atoms. The average molecular weight is 235 g/mol. The average Bonchev–Trinajstić information content (AvgIpc) is 2.89. The molecule has 0 saturated heterocycles. The number of aryl methyl sites for hydroxylation is 1. The second-order valence-electron chi connectivity index (χ2n) is 4.08. The van der Waals surface area contributed by atoms with E-state index < -0.39 is 0 Å². The van der Waals surface area contributed by atoms with Crippen molar-refractivity contribution in [2.24, 2.45) is 0 Å². The molecule has 1 unspecified atom stereocenters. The maximum absolute atomic E-state index is 4.50. The summed E-state index contributed by atoms with van der Waals surface area (Å²) in [6.07, 6.45) is 3.97. The van der Waals surface area contributed by atoms with Crippen LogP contribution in [0, 0.1) is 6.92 Å². The molecule has 0 radical (unpaired) electrons. The molecule has 2 rings (SSSR count). The monoisotopic (exact) mass is 235 g/mol. The molecule has 0 aromatic carbocycles. The van der Waals surface area contributed by atoms with Crippen LogP contribution < -0.4 is 5.32 Å². The number of rotatable bonds is 5. The zero-order valence-electron chi connectivity index (χ0n) is 9.66. The fourth-order valence-electron chi connectivity index (χ4n) is 1.59. The van der Waals surface area contributed by atoms with Gasteiger partial charge in [-0.05, 0) is 18.6 Å². The van der Waals surface area contributed by atoms with E-state index in [-0.39, 0.29) is 0 Å². The van der Waals surface area contributed by atoms with E-state index in [9.17, 15) is 0 Å². The third-order valence-corrected chi connectivity index (χ3v) is 3.69. The van der Waals surface area contributed by atoms with Crippen molar-refractivity contribution in [1.29, 1.82) is 0 Å². The highest BCUT2D eigenvalue weighted by Gasteiger charge is 2.08. The van der Waals surface area contributed by atoms with E-state index in [2.05, 4.69) is 33.7 Å². The molecule has 0 spiro atoms. The van der Waals surface area contributed by atoms with Crippen LogP contribution >= 0.6 is 11.3 Å². The Labute approximate surface area is 99.9 Å². The van der Waals surface area contributed by atoms with E-state index in [1.807, 2.05) is 19.3 Å². The van der Waals surface area contributed by atoms with Crippen LogP contribution in [0.3, 0.4) is 0 Å². The Balaban J connectivity index is 1.78. The Morgan fingerprint density at radius 3 is 3.06 bits per heavy atom. The van der Waals surface area contributed by atoms with E-state index in [0.29, 0.717) is 5.92 Å². The number of aromatic amines is 1. The number of hydrogen-bond acceptors (Lipinski definition) is 3. The molecule has 4 heteroatoms. The van der Waals surface area contributed by atoms with Crippen molar-refractivity contribution in [1.82, 2.24) is 15.3 Å². The molecule has 3 nitrogen and oxygen atoms in total. The van der Waals surface area contributed by atoms with E-state index in [1.54, 1.807) is 11.3 Å². The van der Waals surface area contributed by atoms with Crippen LogP contribution in [0.4, 0.5) is 0 Å². The van der Waals surface area contributed by atoms with Gasteiger partial charge in [0.15, 0.2) is 0 Å². The molecule has 16 heavy (non-hydrogen) atoms. The highest BCUT2D eigenvalue weighted by molar-refractivity contribution is 7.09. The number of nitrogens with one attached hydrogen (secondary N) is 2. The first-order chi connectivity index (χ1) is 7.75. The molecule has 2 aromatic heterocycles. The van der Waals surface area contributed by atoms with Crippen LogP contribution in [0.2, 0.25) is 0 Å². The lowest BCUT2D eigenvalue weighted by Gasteiger charge is -2.09. The van der Waals surface area contributed by atoms with Gasteiger partial charge in [0.25, 0.3) is 0 Å². The molecule has 0 amide bonds.